The zero-order valence-corrected chi connectivity index (χ0v) is 12.1. The van der Waals surface area contributed by atoms with Crippen LogP contribution in [0.2, 0.25) is 5.02 Å². The van der Waals surface area contributed by atoms with Gasteiger partial charge in [0.2, 0.25) is 0 Å². The summed E-state index contributed by atoms with van der Waals surface area (Å²) >= 11 is 5.85. The highest BCUT2D eigenvalue weighted by Crippen LogP contribution is 2.14. The number of carbonyl (C=O) groups excluding carboxylic acids is 2. The van der Waals surface area contributed by atoms with Gasteiger partial charge in [0.1, 0.15) is 5.75 Å². The van der Waals surface area contributed by atoms with Crippen LogP contribution in [0.3, 0.4) is 0 Å². The van der Waals surface area contributed by atoms with E-state index in [1.165, 1.54) is 13.0 Å². The maximum atomic E-state index is 11.7. The molecule has 0 spiro atoms. The van der Waals surface area contributed by atoms with E-state index in [0.29, 0.717) is 16.3 Å². The molecule has 0 radical (unpaired) electrons. The second-order valence-corrected chi connectivity index (χ2v) is 4.83. The molecule has 0 aromatic heterocycles. The van der Waals surface area contributed by atoms with E-state index in [4.69, 9.17) is 16.3 Å². The number of hydrogen-bond donors (Lipinski definition) is 0. The van der Waals surface area contributed by atoms with Crippen molar-refractivity contribution in [1.82, 2.24) is 0 Å². The summed E-state index contributed by atoms with van der Waals surface area (Å²) < 4.78 is 5.13. The van der Waals surface area contributed by atoms with Crippen LogP contribution in [0.4, 0.5) is 0 Å². The molecule has 0 aliphatic heterocycles. The molecule has 0 aliphatic rings. The number of Topliss-reactive ketones (excluding diaryl/α,β-unsaturated/α-hetero) is 1. The summed E-state index contributed by atoms with van der Waals surface area (Å²) in [5, 5.41) is 0.602. The molecule has 0 N–H and O–H groups in total. The zero-order valence-electron chi connectivity index (χ0n) is 11.4. The lowest BCUT2D eigenvalue weighted by Crippen LogP contribution is -2.03. The van der Waals surface area contributed by atoms with Crippen molar-refractivity contribution in [2.75, 3.05) is 0 Å². The first-order valence-electron chi connectivity index (χ1n) is 6.31. The van der Waals surface area contributed by atoms with E-state index in [2.05, 4.69) is 0 Å². The van der Waals surface area contributed by atoms with Crippen molar-refractivity contribution in [3.8, 4) is 5.75 Å². The van der Waals surface area contributed by atoms with Gasteiger partial charge in [-0.15, -0.1) is 0 Å². The van der Waals surface area contributed by atoms with Gasteiger partial charge in [0.25, 0.3) is 0 Å². The van der Waals surface area contributed by atoms with Crippen LogP contribution in [0.25, 0.3) is 6.08 Å². The second kappa shape index (κ2) is 6.86. The third kappa shape index (κ3) is 4.58. The molecule has 0 aliphatic carbocycles. The van der Waals surface area contributed by atoms with Crippen molar-refractivity contribution >= 4 is 29.4 Å². The fourth-order valence-corrected chi connectivity index (χ4v) is 1.88. The maximum Gasteiger partial charge on any atom is 0.336 e. The van der Waals surface area contributed by atoms with Crippen LogP contribution in [-0.4, -0.2) is 11.8 Å². The fraction of sp³-hybridized carbons (Fsp3) is 0.0588. The summed E-state index contributed by atoms with van der Waals surface area (Å²) in [6.45, 7) is 1.48. The van der Waals surface area contributed by atoms with Crippen LogP contribution in [0.15, 0.2) is 54.6 Å². The molecule has 0 fully saturated rings. The van der Waals surface area contributed by atoms with Gasteiger partial charge in [-0.1, -0.05) is 23.7 Å². The predicted octanol–water partition coefficient (Wildman–Crippen LogP) is 4.16. The van der Waals surface area contributed by atoms with Gasteiger partial charge in [0.15, 0.2) is 5.78 Å². The summed E-state index contributed by atoms with van der Waals surface area (Å²) in [4.78, 5) is 22.8. The Morgan fingerprint density at radius 2 is 1.81 bits per heavy atom. The first-order chi connectivity index (χ1) is 10.0. The standard InChI is InChI=1S/C17H13ClO3/c1-12(19)14-6-8-16(9-7-14)21-17(20)10-5-13-3-2-4-15(18)11-13/h2-11H,1H3/b10-5+. The molecular formula is C17H13ClO3. The van der Waals surface area contributed by atoms with E-state index in [-0.39, 0.29) is 5.78 Å². The summed E-state index contributed by atoms with van der Waals surface area (Å²) in [5.41, 5.74) is 1.38. The van der Waals surface area contributed by atoms with Crippen LogP contribution in [0.5, 0.6) is 5.75 Å². The molecule has 0 heterocycles. The third-order valence-electron chi connectivity index (χ3n) is 2.74. The maximum absolute atomic E-state index is 11.7. The van der Waals surface area contributed by atoms with E-state index in [1.807, 2.05) is 6.07 Å². The third-order valence-corrected chi connectivity index (χ3v) is 2.97. The van der Waals surface area contributed by atoms with Gasteiger partial charge >= 0.3 is 5.97 Å². The van der Waals surface area contributed by atoms with E-state index in [9.17, 15) is 9.59 Å². The number of ether oxygens (including phenoxy) is 1. The van der Waals surface area contributed by atoms with E-state index in [1.54, 1.807) is 48.5 Å². The molecule has 0 atom stereocenters. The first-order valence-corrected chi connectivity index (χ1v) is 6.69. The SMILES string of the molecule is CC(=O)c1ccc(OC(=O)/C=C/c2cccc(Cl)c2)cc1. The van der Waals surface area contributed by atoms with Crippen LogP contribution in [-0.2, 0) is 4.79 Å². The number of esters is 1. The second-order valence-electron chi connectivity index (χ2n) is 4.39. The van der Waals surface area contributed by atoms with Crippen molar-refractivity contribution in [1.29, 1.82) is 0 Å². The summed E-state index contributed by atoms with van der Waals surface area (Å²) in [6, 6.07) is 13.5. The van der Waals surface area contributed by atoms with E-state index >= 15 is 0 Å². The lowest BCUT2D eigenvalue weighted by Gasteiger charge is -2.02. The van der Waals surface area contributed by atoms with Crippen LogP contribution < -0.4 is 4.74 Å². The molecular weight excluding hydrogens is 288 g/mol. The highest BCUT2D eigenvalue weighted by Gasteiger charge is 2.03. The number of halogens is 1. The highest BCUT2D eigenvalue weighted by atomic mass is 35.5. The minimum atomic E-state index is -0.495. The average Bonchev–Trinajstić information content (AvgIpc) is 2.46. The first kappa shape index (κ1) is 15.0. The summed E-state index contributed by atoms with van der Waals surface area (Å²) in [6.07, 6.45) is 2.95. The van der Waals surface area contributed by atoms with Crippen LogP contribution >= 0.6 is 11.6 Å². The summed E-state index contributed by atoms with van der Waals surface area (Å²) in [7, 11) is 0. The molecule has 0 bridgehead atoms. The van der Waals surface area contributed by atoms with Gasteiger partial charge < -0.3 is 4.74 Å². The van der Waals surface area contributed by atoms with Crippen LogP contribution in [0.1, 0.15) is 22.8 Å². The Hall–Kier alpha value is -2.39. The van der Waals surface area contributed by atoms with Gasteiger partial charge in [0, 0.05) is 16.7 Å². The van der Waals surface area contributed by atoms with E-state index in [0.717, 1.165) is 5.56 Å². The molecule has 4 heteroatoms. The lowest BCUT2D eigenvalue weighted by atomic mass is 10.1. The van der Waals surface area contributed by atoms with Gasteiger partial charge in [-0.05, 0) is 55.0 Å². The Labute approximate surface area is 127 Å². The smallest absolute Gasteiger partial charge is 0.336 e. The number of carbonyl (C=O) groups is 2. The molecule has 0 saturated carbocycles. The molecule has 21 heavy (non-hydrogen) atoms. The molecule has 0 amide bonds. The molecule has 106 valence electrons. The molecule has 2 aromatic carbocycles. The highest BCUT2D eigenvalue weighted by molar-refractivity contribution is 6.30. The van der Waals surface area contributed by atoms with Crippen LogP contribution in [0, 0.1) is 0 Å². The number of hydrogen-bond acceptors (Lipinski definition) is 3. The minimum Gasteiger partial charge on any atom is -0.423 e. The van der Waals surface area contributed by atoms with Gasteiger partial charge in [-0.3, -0.25) is 4.79 Å². The fourth-order valence-electron chi connectivity index (χ4n) is 1.68. The van der Waals surface area contributed by atoms with Crippen molar-refractivity contribution in [3.63, 3.8) is 0 Å². The Morgan fingerprint density at radius 3 is 2.43 bits per heavy atom. The number of benzene rings is 2. The quantitative estimate of drug-likeness (QED) is 0.368. The summed E-state index contributed by atoms with van der Waals surface area (Å²) in [5.74, 6) is -0.139. The molecule has 3 nitrogen and oxygen atoms in total. The van der Waals surface area contributed by atoms with E-state index < -0.39 is 5.97 Å². The Morgan fingerprint density at radius 1 is 1.10 bits per heavy atom. The van der Waals surface area contributed by atoms with Crippen molar-refractivity contribution in [3.05, 3.63) is 70.8 Å². The number of rotatable bonds is 4. The lowest BCUT2D eigenvalue weighted by molar-refractivity contribution is -0.128. The van der Waals surface area contributed by atoms with Crippen molar-refractivity contribution in [2.45, 2.75) is 6.92 Å². The average molecular weight is 301 g/mol. The Kier molecular flexibility index (Phi) is 4.90. The molecule has 0 unspecified atom stereocenters. The molecule has 0 saturated heterocycles. The number of ketones is 1. The monoisotopic (exact) mass is 300 g/mol. The normalized spacial score (nSPS) is 10.6. The predicted molar refractivity (Wildman–Crippen MR) is 82.6 cm³/mol. The van der Waals surface area contributed by atoms with Gasteiger partial charge in [-0.25, -0.2) is 4.79 Å². The zero-order chi connectivity index (χ0) is 15.2. The Bertz CT molecular complexity index is 687. The Balaban J connectivity index is 1.99. The largest absolute Gasteiger partial charge is 0.423 e. The minimum absolute atomic E-state index is 0.0336. The van der Waals surface area contributed by atoms with Gasteiger partial charge in [0.05, 0.1) is 0 Å². The van der Waals surface area contributed by atoms with Crippen molar-refractivity contribution < 1.29 is 14.3 Å². The molecule has 2 aromatic rings. The van der Waals surface area contributed by atoms with Gasteiger partial charge in [-0.2, -0.15) is 0 Å². The molecule has 2 rings (SSSR count). The topological polar surface area (TPSA) is 43.4 Å². The van der Waals surface area contributed by atoms with Crippen molar-refractivity contribution in [2.24, 2.45) is 0 Å².